The van der Waals surface area contributed by atoms with Crippen LogP contribution in [0.4, 0.5) is 5.69 Å². The highest BCUT2D eigenvalue weighted by molar-refractivity contribution is 7.99. The number of hydrogen-bond acceptors (Lipinski definition) is 8. The summed E-state index contributed by atoms with van der Waals surface area (Å²) in [6, 6.07) is 11.0. The molecule has 216 valence electrons. The minimum atomic E-state index is -0.228. The van der Waals surface area contributed by atoms with E-state index in [1.165, 1.54) is 27.5 Å². The number of allylic oxidation sites excluding steroid dienone is 3. The maximum absolute atomic E-state index is 5.00. The molecule has 2 atom stereocenters. The van der Waals surface area contributed by atoms with E-state index in [1.807, 2.05) is 31.8 Å². The molecular weight excluding hydrogens is 565 g/mol. The average Bonchev–Trinajstić information content (AvgIpc) is 3.53. The van der Waals surface area contributed by atoms with Crippen LogP contribution in [0.1, 0.15) is 61.9 Å². The van der Waals surface area contributed by atoms with Crippen LogP contribution in [0.5, 0.6) is 0 Å². The van der Waals surface area contributed by atoms with Crippen LogP contribution >= 0.6 is 34.4 Å². The van der Waals surface area contributed by atoms with Gasteiger partial charge in [0.25, 0.3) is 12.1 Å². The maximum Gasteiger partial charge on any atom is 0.286 e. The summed E-state index contributed by atoms with van der Waals surface area (Å²) in [6.45, 7) is 13.6. The molecule has 0 bridgehead atoms. The highest BCUT2D eigenvalue weighted by atomic mass is 32.2. The van der Waals surface area contributed by atoms with Crippen LogP contribution in [0, 0.1) is 6.92 Å². The Morgan fingerprint density at radius 1 is 1.17 bits per heavy atom. The van der Waals surface area contributed by atoms with E-state index < -0.39 is 0 Å². The number of nitrogens with one attached hydrogen (secondary N) is 3. The van der Waals surface area contributed by atoms with Crippen LogP contribution in [0.25, 0.3) is 16.1 Å². The standard InChI is InChI=1S/C30H35N6S3.C2H6/c1-4-36(25-9-10-25)28-23(15-19(2)27-20(3)39-29(34-27)22-11-13-37-18-22)16-32-30(35-28)33-24-7-5-21(6-8-24)26-17-31-12-14-38-26;1-2/h5-8,11,13,15-16,18,26,30-31,33,35H,4,9-10,12,14,17H2,1-3H3;1-2H3/q+1;/b19-15+;. The first kappa shape index (κ1) is 29.8. The molecule has 2 fully saturated rings. The normalized spacial score (nSPS) is 20.3. The summed E-state index contributed by atoms with van der Waals surface area (Å²) in [5, 5.41) is 16.7. The van der Waals surface area contributed by atoms with E-state index in [4.69, 9.17) is 9.98 Å². The van der Waals surface area contributed by atoms with Crippen LogP contribution in [-0.2, 0) is 0 Å². The number of aryl methyl sites for hydroxylation is 1. The lowest BCUT2D eigenvalue weighted by Crippen LogP contribution is -2.41. The van der Waals surface area contributed by atoms with Crippen molar-refractivity contribution < 1.29 is 4.58 Å². The van der Waals surface area contributed by atoms with Crippen molar-refractivity contribution in [2.75, 3.05) is 30.7 Å². The molecule has 2 unspecified atom stereocenters. The Morgan fingerprint density at radius 2 is 1.98 bits per heavy atom. The van der Waals surface area contributed by atoms with Gasteiger partial charge in [-0.25, -0.2) is 19.9 Å². The second-order valence-electron chi connectivity index (χ2n) is 10.0. The quantitative estimate of drug-likeness (QED) is 0.232. The molecule has 6 rings (SSSR count). The molecule has 4 heterocycles. The molecule has 41 heavy (non-hydrogen) atoms. The fourth-order valence-corrected chi connectivity index (χ4v) is 7.87. The highest BCUT2D eigenvalue weighted by Gasteiger charge is 2.31. The van der Waals surface area contributed by atoms with Crippen LogP contribution in [0.15, 0.2) is 63.6 Å². The monoisotopic (exact) mass is 605 g/mol. The van der Waals surface area contributed by atoms with Crippen molar-refractivity contribution in [2.45, 2.75) is 59.0 Å². The molecule has 0 radical (unpaired) electrons. The Kier molecular flexibility index (Phi) is 10.1. The van der Waals surface area contributed by atoms with Gasteiger partial charge in [0.05, 0.1) is 23.5 Å². The topological polar surface area (TPSA) is 64.3 Å². The first-order chi connectivity index (χ1) is 20.1. The van der Waals surface area contributed by atoms with Gasteiger partial charge in [0.1, 0.15) is 5.01 Å². The number of thioether (sulfide) groups is 1. The molecule has 1 saturated carbocycles. The van der Waals surface area contributed by atoms with Crippen molar-refractivity contribution in [3.05, 3.63) is 74.7 Å². The lowest BCUT2D eigenvalue weighted by atomic mass is 10.1. The Bertz CT molecular complexity index is 1430. The molecular formula is C32H41N6S3+. The number of benzene rings is 1. The van der Waals surface area contributed by atoms with Gasteiger partial charge >= 0.3 is 0 Å². The summed E-state index contributed by atoms with van der Waals surface area (Å²) in [6.07, 6.45) is 6.34. The third-order valence-corrected chi connectivity index (χ3v) is 10.2. The van der Waals surface area contributed by atoms with E-state index in [2.05, 4.69) is 88.5 Å². The van der Waals surface area contributed by atoms with E-state index in [1.54, 1.807) is 22.7 Å². The number of rotatable bonds is 8. The molecule has 0 amide bonds. The highest BCUT2D eigenvalue weighted by Crippen LogP contribution is 2.33. The fraction of sp³-hybridized carbons (Fsp3) is 0.406. The summed E-state index contributed by atoms with van der Waals surface area (Å²) in [5.74, 6) is 2.28. The second-order valence-corrected chi connectivity index (χ2v) is 13.3. The summed E-state index contributed by atoms with van der Waals surface area (Å²) in [5.41, 5.74) is 8.43. The molecule has 6 nitrogen and oxygen atoms in total. The van der Waals surface area contributed by atoms with E-state index in [-0.39, 0.29) is 6.29 Å². The smallest absolute Gasteiger partial charge is 0.286 e. The zero-order valence-corrected chi connectivity index (χ0v) is 27.1. The van der Waals surface area contributed by atoms with Gasteiger partial charge in [0, 0.05) is 64.7 Å². The molecule has 1 aliphatic carbocycles. The Morgan fingerprint density at radius 3 is 2.63 bits per heavy atom. The summed E-state index contributed by atoms with van der Waals surface area (Å²) in [4.78, 5) is 11.1. The van der Waals surface area contributed by atoms with Crippen LogP contribution in [-0.4, -0.2) is 53.2 Å². The zero-order chi connectivity index (χ0) is 28.8. The molecule has 1 aromatic carbocycles. The minimum absolute atomic E-state index is 0.228. The number of hydrogen-bond donors (Lipinski definition) is 3. The van der Waals surface area contributed by atoms with Gasteiger partial charge in [-0.15, -0.1) is 11.3 Å². The molecule has 9 heteroatoms. The largest absolute Gasteiger partial charge is 0.328 e. The van der Waals surface area contributed by atoms with Crippen molar-refractivity contribution in [3.63, 3.8) is 0 Å². The first-order valence-corrected chi connectivity index (χ1v) is 17.4. The minimum Gasteiger partial charge on any atom is -0.328 e. The summed E-state index contributed by atoms with van der Waals surface area (Å²) >= 11 is 5.51. The van der Waals surface area contributed by atoms with Crippen LogP contribution < -0.4 is 16.0 Å². The van der Waals surface area contributed by atoms with Crippen molar-refractivity contribution >= 4 is 57.6 Å². The summed E-state index contributed by atoms with van der Waals surface area (Å²) < 4.78 is 2.42. The number of aromatic nitrogens is 1. The second kappa shape index (κ2) is 14.0. The lowest BCUT2D eigenvalue weighted by molar-refractivity contribution is -0.478. The van der Waals surface area contributed by atoms with E-state index in [0.717, 1.165) is 65.8 Å². The maximum atomic E-state index is 5.00. The van der Waals surface area contributed by atoms with Crippen molar-refractivity contribution in [1.29, 1.82) is 0 Å². The number of thiophene rings is 1. The predicted molar refractivity (Wildman–Crippen MR) is 181 cm³/mol. The molecule has 3 aromatic rings. The number of aliphatic imine (C=N–C) groups is 1. The Balaban J connectivity index is 0.00000165. The van der Waals surface area contributed by atoms with Gasteiger partial charge in [-0.1, -0.05) is 26.0 Å². The van der Waals surface area contributed by atoms with Crippen molar-refractivity contribution in [1.82, 2.24) is 15.6 Å². The molecule has 3 N–H and O–H groups in total. The Labute approximate surface area is 256 Å². The number of thiazole rings is 1. The van der Waals surface area contributed by atoms with Gasteiger partial charge in [0.15, 0.2) is 0 Å². The van der Waals surface area contributed by atoms with Crippen LogP contribution in [0.3, 0.4) is 0 Å². The lowest BCUT2D eigenvalue weighted by Gasteiger charge is -2.23. The molecule has 2 aliphatic heterocycles. The number of nitrogens with zero attached hydrogens (tertiary/aromatic N) is 3. The third-order valence-electron chi connectivity index (χ3n) is 7.17. The van der Waals surface area contributed by atoms with Crippen molar-refractivity contribution in [2.24, 2.45) is 4.99 Å². The molecule has 3 aliphatic rings. The SMILES string of the molecule is CC.CC[N+](C1=C(/C=C(\C)c2nc(-c3ccsc3)sc2C)C=NC(Nc2ccc(C3CNCCS3)cc2)N1)=C1CC1. The van der Waals surface area contributed by atoms with Gasteiger partial charge in [-0.3, -0.25) is 0 Å². The predicted octanol–water partition coefficient (Wildman–Crippen LogP) is 7.54. The fourth-order valence-electron chi connectivity index (χ4n) is 5.05. The Hall–Kier alpha value is -2.72. The van der Waals surface area contributed by atoms with Gasteiger partial charge in [-0.05, 0) is 61.6 Å². The third kappa shape index (κ3) is 7.20. The molecule has 0 spiro atoms. The van der Waals surface area contributed by atoms with Crippen LogP contribution in [0.2, 0.25) is 0 Å². The van der Waals surface area contributed by atoms with Crippen molar-refractivity contribution in [3.8, 4) is 10.6 Å². The average molecular weight is 606 g/mol. The van der Waals surface area contributed by atoms with E-state index in [0.29, 0.717) is 5.25 Å². The van der Waals surface area contributed by atoms with E-state index in [9.17, 15) is 0 Å². The van der Waals surface area contributed by atoms with Gasteiger partial charge in [0.2, 0.25) is 0 Å². The molecule has 2 aromatic heterocycles. The molecule has 1 saturated heterocycles. The first-order valence-electron chi connectivity index (χ1n) is 14.6. The summed E-state index contributed by atoms with van der Waals surface area (Å²) in [7, 11) is 0. The van der Waals surface area contributed by atoms with Gasteiger partial charge < -0.3 is 10.6 Å². The zero-order valence-electron chi connectivity index (χ0n) is 24.7. The van der Waals surface area contributed by atoms with Gasteiger partial charge in [-0.2, -0.15) is 23.1 Å². The number of anilines is 1. The van der Waals surface area contributed by atoms with E-state index >= 15 is 0 Å².